The molecule has 8 heteroatoms. The van der Waals surface area contributed by atoms with Gasteiger partial charge in [-0.25, -0.2) is 4.79 Å². The van der Waals surface area contributed by atoms with Gasteiger partial charge in [0.2, 0.25) is 0 Å². The Bertz CT molecular complexity index is 1150. The molecule has 0 atom stereocenters. The quantitative estimate of drug-likeness (QED) is 0.587. The number of fused-ring (bicyclic) bond motifs is 1. The minimum absolute atomic E-state index is 0.221. The number of rotatable bonds is 6. The lowest BCUT2D eigenvalue weighted by atomic mass is 10.2. The van der Waals surface area contributed by atoms with Gasteiger partial charge in [0.1, 0.15) is 0 Å². The fraction of sp³-hybridized carbons (Fsp3) is 0.364. The van der Waals surface area contributed by atoms with Crippen molar-refractivity contribution in [2.75, 3.05) is 37.6 Å². The van der Waals surface area contributed by atoms with Crippen LogP contribution in [0.1, 0.15) is 12.8 Å². The standard InChI is InChI=1S/C22H24Cl2N4O2/c23-17-7-5-9-19(20(17)24)27-14-12-26(13-15-27)10-3-4-11-28-21(29)16-6-1-2-8-18(16)25-22(28)30/h1-2,5-9H,3-4,10-15H2,(H,25,30). The first kappa shape index (κ1) is 21.0. The molecule has 2 heterocycles. The zero-order valence-electron chi connectivity index (χ0n) is 16.6. The number of para-hydroxylation sites is 1. The van der Waals surface area contributed by atoms with E-state index in [9.17, 15) is 9.59 Å². The Morgan fingerprint density at radius 3 is 2.40 bits per heavy atom. The molecular weight excluding hydrogens is 423 g/mol. The molecule has 2 aromatic carbocycles. The zero-order valence-corrected chi connectivity index (χ0v) is 18.1. The maximum atomic E-state index is 12.6. The van der Waals surface area contributed by atoms with Crippen LogP contribution in [0.15, 0.2) is 52.1 Å². The number of anilines is 1. The van der Waals surface area contributed by atoms with Gasteiger partial charge in [-0.05, 0) is 43.7 Å². The Kier molecular flexibility index (Phi) is 6.46. The van der Waals surface area contributed by atoms with E-state index >= 15 is 0 Å². The average molecular weight is 447 g/mol. The summed E-state index contributed by atoms with van der Waals surface area (Å²) in [7, 11) is 0. The predicted octanol–water partition coefficient (Wildman–Crippen LogP) is 3.60. The van der Waals surface area contributed by atoms with Crippen molar-refractivity contribution >= 4 is 39.8 Å². The van der Waals surface area contributed by atoms with Gasteiger partial charge in [-0.1, -0.05) is 41.4 Å². The molecule has 30 heavy (non-hydrogen) atoms. The van der Waals surface area contributed by atoms with Crippen LogP contribution in [0.3, 0.4) is 0 Å². The van der Waals surface area contributed by atoms with Gasteiger partial charge >= 0.3 is 5.69 Å². The number of nitrogens with one attached hydrogen (secondary N) is 1. The van der Waals surface area contributed by atoms with Crippen molar-refractivity contribution in [3.05, 3.63) is 73.3 Å². The van der Waals surface area contributed by atoms with E-state index in [1.807, 2.05) is 24.3 Å². The van der Waals surface area contributed by atoms with Crippen molar-refractivity contribution in [3.63, 3.8) is 0 Å². The van der Waals surface area contributed by atoms with Crippen LogP contribution in [-0.4, -0.2) is 47.2 Å². The van der Waals surface area contributed by atoms with Gasteiger partial charge in [-0.2, -0.15) is 0 Å². The first-order valence-corrected chi connectivity index (χ1v) is 10.9. The van der Waals surface area contributed by atoms with Crippen molar-refractivity contribution in [2.45, 2.75) is 19.4 Å². The minimum Gasteiger partial charge on any atom is -0.368 e. The van der Waals surface area contributed by atoms with Gasteiger partial charge in [-0.15, -0.1) is 0 Å². The molecule has 0 amide bonds. The van der Waals surface area contributed by atoms with E-state index in [1.54, 1.807) is 18.2 Å². The Labute approximate surface area is 184 Å². The molecule has 0 bridgehead atoms. The van der Waals surface area contributed by atoms with Gasteiger partial charge < -0.3 is 9.88 Å². The molecule has 1 saturated heterocycles. The van der Waals surface area contributed by atoms with Crippen LogP contribution in [0.2, 0.25) is 10.0 Å². The van der Waals surface area contributed by atoms with Crippen LogP contribution in [0.5, 0.6) is 0 Å². The summed E-state index contributed by atoms with van der Waals surface area (Å²) in [4.78, 5) is 32.3. The van der Waals surface area contributed by atoms with Gasteiger partial charge in [0.05, 0.1) is 26.6 Å². The molecule has 0 aliphatic carbocycles. The van der Waals surface area contributed by atoms with Crippen LogP contribution in [0.4, 0.5) is 5.69 Å². The fourth-order valence-corrected chi connectivity index (χ4v) is 4.37. The summed E-state index contributed by atoms with van der Waals surface area (Å²) in [5.74, 6) is 0. The number of H-pyrrole nitrogens is 1. The van der Waals surface area contributed by atoms with E-state index in [0.29, 0.717) is 27.5 Å². The Balaban J connectivity index is 1.28. The lowest BCUT2D eigenvalue weighted by Crippen LogP contribution is -2.46. The van der Waals surface area contributed by atoms with E-state index in [-0.39, 0.29) is 11.2 Å². The molecule has 1 N–H and O–H groups in total. The topological polar surface area (TPSA) is 61.3 Å². The highest BCUT2D eigenvalue weighted by molar-refractivity contribution is 6.43. The van der Waals surface area contributed by atoms with E-state index < -0.39 is 0 Å². The highest BCUT2D eigenvalue weighted by Gasteiger charge is 2.19. The number of piperazine rings is 1. The van der Waals surface area contributed by atoms with Gasteiger partial charge in [0, 0.05) is 32.7 Å². The molecule has 4 rings (SSSR count). The number of aromatic amines is 1. The first-order chi connectivity index (χ1) is 14.5. The molecular formula is C22H24Cl2N4O2. The van der Waals surface area contributed by atoms with Crippen LogP contribution in [0.25, 0.3) is 10.9 Å². The Morgan fingerprint density at radius 1 is 0.867 bits per heavy atom. The third-order valence-corrected chi connectivity index (χ3v) is 6.45. The lowest BCUT2D eigenvalue weighted by molar-refractivity contribution is 0.251. The summed E-state index contributed by atoms with van der Waals surface area (Å²) in [5.41, 5.74) is 1.01. The average Bonchev–Trinajstić information content (AvgIpc) is 2.75. The number of benzene rings is 2. The second kappa shape index (κ2) is 9.25. The van der Waals surface area contributed by atoms with Crippen molar-refractivity contribution in [2.24, 2.45) is 0 Å². The van der Waals surface area contributed by atoms with Gasteiger partial charge in [-0.3, -0.25) is 14.3 Å². The number of aromatic nitrogens is 2. The summed E-state index contributed by atoms with van der Waals surface area (Å²) in [6.45, 7) is 5.04. The number of hydrogen-bond acceptors (Lipinski definition) is 4. The summed E-state index contributed by atoms with van der Waals surface area (Å²) in [5, 5.41) is 1.74. The molecule has 1 aliphatic heterocycles. The van der Waals surface area contributed by atoms with Crippen molar-refractivity contribution < 1.29 is 0 Å². The lowest BCUT2D eigenvalue weighted by Gasteiger charge is -2.36. The summed E-state index contributed by atoms with van der Waals surface area (Å²) in [6.07, 6.45) is 1.71. The Morgan fingerprint density at radius 2 is 1.60 bits per heavy atom. The highest BCUT2D eigenvalue weighted by atomic mass is 35.5. The normalized spacial score (nSPS) is 15.1. The largest absolute Gasteiger partial charge is 0.368 e. The molecule has 1 aliphatic rings. The third-order valence-electron chi connectivity index (χ3n) is 5.64. The smallest absolute Gasteiger partial charge is 0.328 e. The number of hydrogen-bond donors (Lipinski definition) is 1. The summed E-state index contributed by atoms with van der Waals surface area (Å²) < 4.78 is 1.31. The van der Waals surface area contributed by atoms with Gasteiger partial charge in [0.25, 0.3) is 5.56 Å². The van der Waals surface area contributed by atoms with E-state index in [0.717, 1.165) is 51.3 Å². The predicted molar refractivity (Wildman–Crippen MR) is 123 cm³/mol. The molecule has 0 unspecified atom stereocenters. The second-order valence-corrected chi connectivity index (χ2v) is 8.33. The van der Waals surface area contributed by atoms with E-state index in [1.165, 1.54) is 4.57 Å². The molecule has 3 aromatic rings. The minimum atomic E-state index is -0.342. The van der Waals surface area contributed by atoms with E-state index in [2.05, 4.69) is 14.8 Å². The molecule has 1 aromatic heterocycles. The number of halogens is 2. The highest BCUT2D eigenvalue weighted by Crippen LogP contribution is 2.32. The van der Waals surface area contributed by atoms with Crippen LogP contribution in [-0.2, 0) is 6.54 Å². The monoisotopic (exact) mass is 446 g/mol. The van der Waals surface area contributed by atoms with Crippen molar-refractivity contribution in [1.29, 1.82) is 0 Å². The molecule has 0 saturated carbocycles. The Hall–Kier alpha value is -2.28. The number of nitrogens with zero attached hydrogens (tertiary/aromatic N) is 3. The number of unbranched alkanes of at least 4 members (excludes halogenated alkanes) is 1. The summed E-state index contributed by atoms with van der Waals surface area (Å²) >= 11 is 12.5. The van der Waals surface area contributed by atoms with Crippen LogP contribution < -0.4 is 16.1 Å². The zero-order chi connectivity index (χ0) is 21.1. The fourth-order valence-electron chi connectivity index (χ4n) is 3.96. The molecule has 0 radical (unpaired) electrons. The van der Waals surface area contributed by atoms with Crippen molar-refractivity contribution in [1.82, 2.24) is 14.5 Å². The first-order valence-electron chi connectivity index (χ1n) is 10.2. The molecule has 0 spiro atoms. The maximum absolute atomic E-state index is 12.6. The van der Waals surface area contributed by atoms with Gasteiger partial charge in [0.15, 0.2) is 0 Å². The molecule has 6 nitrogen and oxygen atoms in total. The second-order valence-electron chi connectivity index (χ2n) is 7.54. The van der Waals surface area contributed by atoms with Crippen LogP contribution >= 0.6 is 23.2 Å². The summed E-state index contributed by atoms with van der Waals surface area (Å²) in [6, 6.07) is 12.8. The molecule has 158 valence electrons. The van der Waals surface area contributed by atoms with Crippen LogP contribution in [0, 0.1) is 0 Å². The molecule has 1 fully saturated rings. The van der Waals surface area contributed by atoms with Crippen molar-refractivity contribution in [3.8, 4) is 0 Å². The SMILES string of the molecule is O=c1[nH]c2ccccc2c(=O)n1CCCCN1CCN(c2cccc(Cl)c2Cl)CC1. The third kappa shape index (κ3) is 4.41. The van der Waals surface area contributed by atoms with E-state index in [4.69, 9.17) is 23.2 Å². The maximum Gasteiger partial charge on any atom is 0.328 e.